The molecule has 5 heteroatoms. The van der Waals surface area contributed by atoms with Crippen LogP contribution in [0.1, 0.15) is 18.2 Å². The van der Waals surface area contributed by atoms with Crippen molar-refractivity contribution in [1.29, 1.82) is 0 Å². The first kappa shape index (κ1) is 11.3. The quantitative estimate of drug-likeness (QED) is 0.866. The van der Waals surface area contributed by atoms with Crippen molar-refractivity contribution in [2.24, 2.45) is 11.7 Å². The molecule has 0 aliphatic carbocycles. The van der Waals surface area contributed by atoms with E-state index >= 15 is 0 Å². The van der Waals surface area contributed by atoms with E-state index in [1.807, 2.05) is 6.20 Å². The van der Waals surface area contributed by atoms with Crippen molar-refractivity contribution >= 4 is 22.9 Å². The molecule has 3 nitrogen and oxygen atoms in total. The molecule has 0 bridgehead atoms. The van der Waals surface area contributed by atoms with Crippen molar-refractivity contribution < 1.29 is 0 Å². The standard InChI is InChI=1S/C10H16ClN3S/c1-7-2-3-14(6-9(7)12)5-8-4-13-10(11)15-8/h4,7,9H,2-3,5-6,12H2,1H3. The third kappa shape index (κ3) is 2.91. The molecule has 15 heavy (non-hydrogen) atoms. The number of aromatic nitrogens is 1. The van der Waals surface area contributed by atoms with E-state index in [4.69, 9.17) is 17.3 Å². The number of thiazole rings is 1. The summed E-state index contributed by atoms with van der Waals surface area (Å²) in [5.41, 5.74) is 6.05. The van der Waals surface area contributed by atoms with E-state index in [0.29, 0.717) is 16.4 Å². The highest BCUT2D eigenvalue weighted by Crippen LogP contribution is 2.22. The van der Waals surface area contributed by atoms with Crippen LogP contribution in [0.2, 0.25) is 4.47 Å². The predicted molar refractivity (Wildman–Crippen MR) is 64.2 cm³/mol. The van der Waals surface area contributed by atoms with Crippen LogP contribution < -0.4 is 5.73 Å². The van der Waals surface area contributed by atoms with E-state index in [1.54, 1.807) is 11.3 Å². The molecule has 1 saturated heterocycles. The highest BCUT2D eigenvalue weighted by atomic mass is 35.5. The molecule has 2 rings (SSSR count). The summed E-state index contributed by atoms with van der Waals surface area (Å²) in [6, 6.07) is 0.308. The molecule has 2 unspecified atom stereocenters. The maximum Gasteiger partial charge on any atom is 0.183 e. The number of piperidine rings is 1. The summed E-state index contributed by atoms with van der Waals surface area (Å²) in [5.74, 6) is 0.645. The molecular weight excluding hydrogens is 230 g/mol. The Hall–Kier alpha value is -0.160. The van der Waals surface area contributed by atoms with Gasteiger partial charge in [0.2, 0.25) is 0 Å². The minimum atomic E-state index is 0.308. The van der Waals surface area contributed by atoms with E-state index in [2.05, 4.69) is 16.8 Å². The predicted octanol–water partition coefficient (Wildman–Crippen LogP) is 1.97. The van der Waals surface area contributed by atoms with Crippen LogP contribution in [-0.2, 0) is 6.54 Å². The van der Waals surface area contributed by atoms with Crippen molar-refractivity contribution in [3.05, 3.63) is 15.5 Å². The van der Waals surface area contributed by atoms with E-state index in [1.165, 1.54) is 11.3 Å². The highest BCUT2D eigenvalue weighted by Gasteiger charge is 2.23. The van der Waals surface area contributed by atoms with Crippen LogP contribution in [0.5, 0.6) is 0 Å². The van der Waals surface area contributed by atoms with Gasteiger partial charge in [0, 0.05) is 30.2 Å². The lowest BCUT2D eigenvalue weighted by molar-refractivity contribution is 0.163. The topological polar surface area (TPSA) is 42.2 Å². The second kappa shape index (κ2) is 4.78. The Balaban J connectivity index is 1.90. The lowest BCUT2D eigenvalue weighted by Gasteiger charge is -2.34. The van der Waals surface area contributed by atoms with Gasteiger partial charge >= 0.3 is 0 Å². The van der Waals surface area contributed by atoms with Crippen LogP contribution in [-0.4, -0.2) is 29.0 Å². The summed E-state index contributed by atoms with van der Waals surface area (Å²) >= 11 is 7.35. The summed E-state index contributed by atoms with van der Waals surface area (Å²) in [6.45, 7) is 5.28. The average Bonchev–Trinajstić information content (AvgIpc) is 2.58. The molecule has 1 aliphatic heterocycles. The summed E-state index contributed by atoms with van der Waals surface area (Å²) in [5, 5.41) is 0. The molecule has 2 N–H and O–H groups in total. The van der Waals surface area contributed by atoms with E-state index in [0.717, 1.165) is 19.6 Å². The fourth-order valence-electron chi connectivity index (χ4n) is 1.89. The van der Waals surface area contributed by atoms with Crippen LogP contribution in [0, 0.1) is 5.92 Å². The summed E-state index contributed by atoms with van der Waals surface area (Å²) < 4.78 is 0.625. The van der Waals surface area contributed by atoms with Gasteiger partial charge in [-0.3, -0.25) is 4.90 Å². The number of hydrogen-bond donors (Lipinski definition) is 1. The maximum atomic E-state index is 6.05. The lowest BCUT2D eigenvalue weighted by atomic mass is 9.94. The number of nitrogens with two attached hydrogens (primary N) is 1. The summed E-state index contributed by atoms with van der Waals surface area (Å²) in [6.07, 6.45) is 3.05. The minimum absolute atomic E-state index is 0.308. The van der Waals surface area contributed by atoms with E-state index in [-0.39, 0.29) is 0 Å². The van der Waals surface area contributed by atoms with Crippen molar-refractivity contribution in [3.63, 3.8) is 0 Å². The Bertz CT molecular complexity index is 328. The highest BCUT2D eigenvalue weighted by molar-refractivity contribution is 7.15. The molecule has 2 heterocycles. The molecule has 1 aliphatic rings. The third-order valence-electron chi connectivity index (χ3n) is 3.01. The number of likely N-dealkylation sites (tertiary alicyclic amines) is 1. The fraction of sp³-hybridized carbons (Fsp3) is 0.700. The molecule has 1 fully saturated rings. The Morgan fingerprint density at radius 3 is 3.13 bits per heavy atom. The SMILES string of the molecule is CC1CCN(Cc2cnc(Cl)s2)CC1N. The molecule has 0 radical (unpaired) electrons. The maximum absolute atomic E-state index is 6.05. The number of halogens is 1. The first-order valence-electron chi connectivity index (χ1n) is 5.23. The zero-order valence-electron chi connectivity index (χ0n) is 8.82. The van der Waals surface area contributed by atoms with Crippen LogP contribution in [0.3, 0.4) is 0 Å². The van der Waals surface area contributed by atoms with Gasteiger partial charge in [-0.25, -0.2) is 4.98 Å². The van der Waals surface area contributed by atoms with Crippen LogP contribution in [0.4, 0.5) is 0 Å². The van der Waals surface area contributed by atoms with Gasteiger partial charge in [-0.1, -0.05) is 18.5 Å². The lowest BCUT2D eigenvalue weighted by Crippen LogP contribution is -2.46. The first-order chi connectivity index (χ1) is 7.15. The largest absolute Gasteiger partial charge is 0.326 e. The zero-order valence-corrected chi connectivity index (χ0v) is 10.4. The van der Waals surface area contributed by atoms with Gasteiger partial charge in [0.15, 0.2) is 4.47 Å². The molecular formula is C10H16ClN3S. The zero-order chi connectivity index (χ0) is 10.8. The first-order valence-corrected chi connectivity index (χ1v) is 6.42. The third-order valence-corrected chi connectivity index (χ3v) is 4.10. The molecule has 2 atom stereocenters. The molecule has 1 aromatic rings. The van der Waals surface area contributed by atoms with Gasteiger partial charge in [-0.05, 0) is 18.9 Å². The molecule has 0 aromatic carbocycles. The fourth-order valence-corrected chi connectivity index (χ4v) is 2.91. The van der Waals surface area contributed by atoms with Gasteiger partial charge < -0.3 is 5.73 Å². The number of hydrogen-bond acceptors (Lipinski definition) is 4. The van der Waals surface area contributed by atoms with Crippen LogP contribution in [0.15, 0.2) is 6.20 Å². The van der Waals surface area contributed by atoms with Gasteiger partial charge in [0.25, 0.3) is 0 Å². The van der Waals surface area contributed by atoms with Crippen molar-refractivity contribution in [2.45, 2.75) is 25.9 Å². The van der Waals surface area contributed by atoms with Crippen molar-refractivity contribution in [2.75, 3.05) is 13.1 Å². The minimum Gasteiger partial charge on any atom is -0.326 e. The Labute approximate surface area is 99.2 Å². The van der Waals surface area contributed by atoms with Gasteiger partial charge in [0.05, 0.1) is 0 Å². The van der Waals surface area contributed by atoms with Crippen LogP contribution in [0.25, 0.3) is 0 Å². The van der Waals surface area contributed by atoms with E-state index < -0.39 is 0 Å². The van der Waals surface area contributed by atoms with Gasteiger partial charge in [-0.15, -0.1) is 11.3 Å². The second-order valence-electron chi connectivity index (χ2n) is 4.24. The van der Waals surface area contributed by atoms with Crippen LogP contribution >= 0.6 is 22.9 Å². The van der Waals surface area contributed by atoms with Gasteiger partial charge in [-0.2, -0.15) is 0 Å². The van der Waals surface area contributed by atoms with Gasteiger partial charge in [0.1, 0.15) is 0 Å². The molecule has 84 valence electrons. The normalized spacial score (nSPS) is 28.2. The Morgan fingerprint density at radius 2 is 2.53 bits per heavy atom. The molecule has 0 spiro atoms. The molecule has 0 saturated carbocycles. The molecule has 1 aromatic heterocycles. The number of nitrogens with zero attached hydrogens (tertiary/aromatic N) is 2. The average molecular weight is 246 g/mol. The summed E-state index contributed by atoms with van der Waals surface area (Å²) in [7, 11) is 0. The van der Waals surface area contributed by atoms with E-state index in [9.17, 15) is 0 Å². The Kier molecular flexibility index (Phi) is 3.61. The monoisotopic (exact) mass is 245 g/mol. The van der Waals surface area contributed by atoms with Crippen molar-refractivity contribution in [3.8, 4) is 0 Å². The Morgan fingerprint density at radius 1 is 1.73 bits per heavy atom. The molecule has 0 amide bonds. The smallest absolute Gasteiger partial charge is 0.183 e. The number of rotatable bonds is 2. The second-order valence-corrected chi connectivity index (χ2v) is 5.94. The summed E-state index contributed by atoms with van der Waals surface area (Å²) in [4.78, 5) is 7.65. The van der Waals surface area contributed by atoms with Crippen molar-refractivity contribution in [1.82, 2.24) is 9.88 Å².